The number of rotatable bonds is 6. The molecule has 0 radical (unpaired) electrons. The van der Waals surface area contributed by atoms with Crippen molar-refractivity contribution < 1.29 is 35.3 Å². The first-order valence-electron chi connectivity index (χ1n) is 13.1. The molecular formula is C32H26Cl2N8. The minimum absolute atomic E-state index is 0. The number of para-hydroxylation sites is 2. The van der Waals surface area contributed by atoms with Gasteiger partial charge in [0, 0.05) is 11.1 Å². The molecule has 1 aliphatic rings. The summed E-state index contributed by atoms with van der Waals surface area (Å²) in [5.74, 6) is 1.51. The van der Waals surface area contributed by atoms with Gasteiger partial charge in [0.2, 0.25) is 0 Å². The predicted octanol–water partition coefficient (Wildman–Crippen LogP) is -1.29. The summed E-state index contributed by atoms with van der Waals surface area (Å²) in [6.07, 6.45) is 0. The molecule has 1 aliphatic heterocycles. The minimum atomic E-state index is 0. The number of aromatic amines is 2. The molecule has 6 aromatic rings. The summed E-state index contributed by atoms with van der Waals surface area (Å²) < 4.78 is 0. The largest absolute Gasteiger partial charge is 1.00 e. The van der Waals surface area contributed by atoms with Crippen LogP contribution in [0.15, 0.2) is 139 Å². The Morgan fingerprint density at radius 2 is 1.07 bits per heavy atom. The molecule has 0 spiro atoms. The lowest BCUT2D eigenvalue weighted by Gasteiger charge is -2.23. The Bertz CT molecular complexity index is 1770. The standard InChI is InChI=1S/C32H24N8.2ClH/c1-5-13-23(14-6-1)29-27(31-33-37-38-34-31)21-22-28(30(29)24-15-7-2-8-16-24)32-35-39(25-17-9-3-10-18-25)40(36-32)26-19-11-4-12-20-26;;/h1-22H,(H,35,36)(H,33,34,37,38);2*1H. The smallest absolute Gasteiger partial charge is 0.330 e. The molecule has 5 aromatic carbocycles. The fourth-order valence-corrected chi connectivity index (χ4v) is 5.10. The molecule has 0 saturated heterocycles. The van der Waals surface area contributed by atoms with Crippen LogP contribution in [-0.4, -0.2) is 21.4 Å². The molecule has 0 unspecified atom stereocenters. The van der Waals surface area contributed by atoms with Crippen LogP contribution >= 0.6 is 0 Å². The molecular weight excluding hydrogens is 567 g/mol. The van der Waals surface area contributed by atoms with Crippen LogP contribution in [0.1, 0.15) is 5.56 Å². The van der Waals surface area contributed by atoms with Crippen LogP contribution in [0.3, 0.4) is 0 Å². The van der Waals surface area contributed by atoms with Gasteiger partial charge < -0.3 is 24.8 Å². The predicted molar refractivity (Wildman–Crippen MR) is 156 cm³/mol. The molecule has 0 saturated carbocycles. The van der Waals surface area contributed by atoms with E-state index in [1.54, 1.807) is 0 Å². The number of hydrogen-bond acceptors (Lipinski definition) is 5. The molecule has 0 atom stereocenters. The topological polar surface area (TPSA) is 91.2 Å². The van der Waals surface area contributed by atoms with Crippen LogP contribution in [0.4, 0.5) is 11.4 Å². The molecule has 4 N–H and O–H groups in total. The van der Waals surface area contributed by atoms with Crippen molar-refractivity contribution in [2.45, 2.75) is 0 Å². The summed E-state index contributed by atoms with van der Waals surface area (Å²) in [7, 11) is 0. The Kier molecular flexibility index (Phi) is 8.59. The fraction of sp³-hybridized carbons (Fsp3) is 0. The number of nitrogens with two attached hydrogens (primary N) is 1. The zero-order chi connectivity index (χ0) is 26.7. The highest BCUT2D eigenvalue weighted by Gasteiger charge is 2.34. The monoisotopic (exact) mass is 592 g/mol. The van der Waals surface area contributed by atoms with Crippen molar-refractivity contribution in [3.8, 4) is 33.6 Å². The Morgan fingerprint density at radius 3 is 1.62 bits per heavy atom. The number of aromatic nitrogens is 4. The van der Waals surface area contributed by atoms with Gasteiger partial charge in [-0.1, -0.05) is 107 Å². The van der Waals surface area contributed by atoms with Gasteiger partial charge in [-0.25, -0.2) is 0 Å². The molecule has 10 heteroatoms. The highest BCUT2D eigenvalue weighted by Crippen LogP contribution is 2.41. The fourth-order valence-electron chi connectivity index (χ4n) is 5.10. The van der Waals surface area contributed by atoms with Crippen LogP contribution in [0, 0.1) is 0 Å². The first-order valence-corrected chi connectivity index (χ1v) is 13.1. The molecule has 2 heterocycles. The first kappa shape index (κ1) is 28.5. The first-order chi connectivity index (χ1) is 19.9. The normalized spacial score (nSPS) is 12.3. The summed E-state index contributed by atoms with van der Waals surface area (Å²) >= 11 is 0. The number of nitrogens with one attached hydrogen (secondary N) is 2. The number of benzene rings is 5. The molecule has 208 valence electrons. The van der Waals surface area contributed by atoms with Crippen LogP contribution in [0.5, 0.6) is 0 Å². The van der Waals surface area contributed by atoms with E-state index in [1.807, 2.05) is 53.6 Å². The highest BCUT2D eigenvalue weighted by molar-refractivity contribution is 6.07. The van der Waals surface area contributed by atoms with Crippen molar-refractivity contribution in [1.29, 1.82) is 0 Å². The van der Waals surface area contributed by atoms with E-state index in [9.17, 15) is 0 Å². The maximum atomic E-state index is 5.18. The van der Waals surface area contributed by atoms with Crippen molar-refractivity contribution in [2.24, 2.45) is 5.10 Å². The lowest BCUT2D eigenvalue weighted by molar-refractivity contribution is -0.545. The van der Waals surface area contributed by atoms with E-state index in [4.69, 9.17) is 5.10 Å². The average molecular weight is 594 g/mol. The zero-order valence-electron chi connectivity index (χ0n) is 22.3. The SMILES string of the molecule is [Cl-].[Cl-].c1ccc(-c2c(C3=NN(c4ccccc4)N(c4ccccc4)[NH2+]3)ccc(-c3nn[nH][nH+]3)c2-c2ccccc2)cc1. The third kappa shape index (κ3) is 5.34. The number of tetrazole rings is 1. The molecule has 0 fully saturated rings. The number of hydrogen-bond donors (Lipinski definition) is 2. The Hall–Kier alpha value is -5.02. The van der Waals surface area contributed by atoms with Gasteiger partial charge in [-0.05, 0) is 47.5 Å². The second kappa shape index (κ2) is 12.7. The van der Waals surface area contributed by atoms with Gasteiger partial charge >= 0.3 is 5.82 Å². The third-order valence-corrected chi connectivity index (χ3v) is 6.89. The maximum Gasteiger partial charge on any atom is 0.330 e. The van der Waals surface area contributed by atoms with Crippen LogP contribution in [-0.2, 0) is 0 Å². The zero-order valence-corrected chi connectivity index (χ0v) is 23.8. The number of halogens is 2. The molecule has 7 rings (SSSR count). The lowest BCUT2D eigenvalue weighted by Crippen LogP contribution is -3.00. The minimum Gasteiger partial charge on any atom is -1.00 e. The van der Waals surface area contributed by atoms with Crippen molar-refractivity contribution in [2.75, 3.05) is 10.2 Å². The van der Waals surface area contributed by atoms with E-state index in [0.717, 1.165) is 50.6 Å². The number of anilines is 2. The highest BCUT2D eigenvalue weighted by atomic mass is 35.5. The van der Waals surface area contributed by atoms with Crippen molar-refractivity contribution in [3.63, 3.8) is 0 Å². The van der Waals surface area contributed by atoms with E-state index in [-0.39, 0.29) is 24.8 Å². The quantitative estimate of drug-likeness (QED) is 0.236. The van der Waals surface area contributed by atoms with Gasteiger partial charge in [-0.2, -0.15) is 10.5 Å². The molecule has 0 amide bonds. The summed E-state index contributed by atoms with van der Waals surface area (Å²) in [4.78, 5) is 0. The van der Waals surface area contributed by atoms with E-state index < -0.39 is 0 Å². The second-order valence-corrected chi connectivity index (χ2v) is 9.35. The van der Waals surface area contributed by atoms with Crippen molar-refractivity contribution >= 4 is 17.2 Å². The number of hydrazone groups is 1. The lowest BCUT2D eigenvalue weighted by atomic mass is 9.86. The Labute approximate surface area is 255 Å². The van der Waals surface area contributed by atoms with E-state index >= 15 is 0 Å². The van der Waals surface area contributed by atoms with Gasteiger partial charge in [-0.15, -0.1) is 10.2 Å². The van der Waals surface area contributed by atoms with Gasteiger partial charge in [0.25, 0.3) is 5.84 Å². The summed E-state index contributed by atoms with van der Waals surface area (Å²) in [5, 5.41) is 23.3. The second-order valence-electron chi connectivity index (χ2n) is 9.35. The third-order valence-electron chi connectivity index (χ3n) is 6.89. The number of amidine groups is 1. The summed E-state index contributed by atoms with van der Waals surface area (Å²) in [6.45, 7) is 0. The van der Waals surface area contributed by atoms with Crippen molar-refractivity contribution in [1.82, 2.24) is 15.5 Å². The summed E-state index contributed by atoms with van der Waals surface area (Å²) in [5.41, 5.74) is 10.3. The Morgan fingerprint density at radius 1 is 0.571 bits per heavy atom. The van der Waals surface area contributed by atoms with E-state index in [0.29, 0.717) is 5.82 Å². The maximum absolute atomic E-state index is 5.18. The Balaban J connectivity index is 0.00000176. The van der Waals surface area contributed by atoms with Crippen LogP contribution in [0.25, 0.3) is 33.6 Å². The van der Waals surface area contributed by atoms with Gasteiger partial charge in [0.15, 0.2) is 5.21 Å². The van der Waals surface area contributed by atoms with Gasteiger partial charge in [-0.3, -0.25) is 0 Å². The molecule has 0 aliphatic carbocycles. The molecule has 0 bridgehead atoms. The summed E-state index contributed by atoms with van der Waals surface area (Å²) in [6, 6.07) is 45.5. The van der Waals surface area contributed by atoms with E-state index in [1.165, 1.54) is 0 Å². The number of H-pyrrole nitrogens is 2. The molecule has 42 heavy (non-hydrogen) atoms. The number of quaternary nitrogens is 1. The van der Waals surface area contributed by atoms with Crippen molar-refractivity contribution in [3.05, 3.63) is 139 Å². The van der Waals surface area contributed by atoms with Crippen LogP contribution < -0.4 is 45.6 Å². The molecule has 1 aromatic heterocycles. The van der Waals surface area contributed by atoms with Crippen LogP contribution in [0.2, 0.25) is 0 Å². The van der Waals surface area contributed by atoms with Gasteiger partial charge in [0.1, 0.15) is 10.8 Å². The molecule has 8 nitrogen and oxygen atoms in total. The van der Waals surface area contributed by atoms with Gasteiger partial charge in [0.05, 0.1) is 16.8 Å². The van der Waals surface area contributed by atoms with E-state index in [2.05, 4.69) is 116 Å². The average Bonchev–Trinajstić information content (AvgIpc) is 3.73. The number of hydrazine groups is 1. The number of nitrogens with zero attached hydrogens (tertiary/aromatic N) is 5.